The Hall–Kier alpha value is -3.39. The van der Waals surface area contributed by atoms with E-state index in [1.54, 1.807) is 41.3 Å². The average Bonchev–Trinajstić information content (AvgIpc) is 3.30. The van der Waals surface area contributed by atoms with Crippen LogP contribution < -0.4 is 14.8 Å². The van der Waals surface area contributed by atoms with Crippen molar-refractivity contribution >= 4 is 33.3 Å². The summed E-state index contributed by atoms with van der Waals surface area (Å²) in [6, 6.07) is 11.1. The maximum Gasteiger partial charge on any atom is 0.256 e. The number of ether oxygens (including phenoxy) is 2. The first-order chi connectivity index (χ1) is 14.4. The SMILES string of the molecule is COc1ccc(C(=O)Nc2cc(C)nn2-c2nc3c(C)cc(C)cc3s2)cc1OC. The van der Waals surface area contributed by atoms with Gasteiger partial charge in [-0.15, -0.1) is 0 Å². The number of thiazole rings is 1. The van der Waals surface area contributed by atoms with E-state index < -0.39 is 0 Å². The molecule has 30 heavy (non-hydrogen) atoms. The summed E-state index contributed by atoms with van der Waals surface area (Å²) in [4.78, 5) is 17.6. The van der Waals surface area contributed by atoms with Crippen LogP contribution in [0.15, 0.2) is 36.4 Å². The number of hydrogen-bond acceptors (Lipinski definition) is 6. The van der Waals surface area contributed by atoms with E-state index in [1.807, 2.05) is 19.9 Å². The number of fused-ring (bicyclic) bond motifs is 1. The zero-order valence-corrected chi connectivity index (χ0v) is 18.3. The lowest BCUT2D eigenvalue weighted by molar-refractivity contribution is 0.102. The molecule has 7 nitrogen and oxygen atoms in total. The third kappa shape index (κ3) is 3.61. The Bertz CT molecular complexity index is 1260. The van der Waals surface area contributed by atoms with Gasteiger partial charge >= 0.3 is 0 Å². The van der Waals surface area contributed by atoms with Gasteiger partial charge in [0.05, 0.1) is 30.1 Å². The highest BCUT2D eigenvalue weighted by atomic mass is 32.1. The van der Waals surface area contributed by atoms with E-state index in [4.69, 9.17) is 14.5 Å². The van der Waals surface area contributed by atoms with Crippen LogP contribution >= 0.6 is 11.3 Å². The molecule has 2 heterocycles. The molecule has 0 spiro atoms. The van der Waals surface area contributed by atoms with E-state index >= 15 is 0 Å². The van der Waals surface area contributed by atoms with Crippen LogP contribution in [-0.2, 0) is 0 Å². The van der Waals surface area contributed by atoms with Gasteiger partial charge in [0.15, 0.2) is 11.5 Å². The number of aromatic nitrogens is 3. The van der Waals surface area contributed by atoms with Crippen molar-refractivity contribution in [3.63, 3.8) is 0 Å². The van der Waals surface area contributed by atoms with Gasteiger partial charge in [0.25, 0.3) is 5.91 Å². The number of methoxy groups -OCH3 is 2. The third-order valence-corrected chi connectivity index (χ3v) is 5.70. The van der Waals surface area contributed by atoms with Crippen LogP contribution in [0.1, 0.15) is 27.2 Å². The molecule has 0 fully saturated rings. The van der Waals surface area contributed by atoms with Crippen LogP contribution in [0.25, 0.3) is 15.3 Å². The number of anilines is 1. The minimum absolute atomic E-state index is 0.273. The van der Waals surface area contributed by atoms with Crippen LogP contribution in [-0.4, -0.2) is 34.9 Å². The Balaban J connectivity index is 1.69. The molecule has 0 aliphatic carbocycles. The summed E-state index contributed by atoms with van der Waals surface area (Å²) in [5, 5.41) is 8.18. The van der Waals surface area contributed by atoms with E-state index in [0.29, 0.717) is 28.0 Å². The van der Waals surface area contributed by atoms with Crippen LogP contribution in [0.4, 0.5) is 5.82 Å². The third-order valence-electron chi connectivity index (χ3n) is 4.72. The van der Waals surface area contributed by atoms with Crippen LogP contribution in [0.5, 0.6) is 11.5 Å². The van der Waals surface area contributed by atoms with Crippen molar-refractivity contribution in [1.82, 2.24) is 14.8 Å². The van der Waals surface area contributed by atoms with E-state index in [2.05, 4.69) is 29.5 Å². The molecule has 0 aliphatic heterocycles. The standard InChI is InChI=1S/C22H22N4O3S/c1-12-8-13(2)20-18(9-12)30-22(24-20)26-19(10-14(3)25-26)23-21(27)15-6-7-16(28-4)17(11-15)29-5/h6-11H,1-5H3,(H,23,27). The van der Waals surface area contributed by atoms with Crippen LogP contribution in [0.2, 0.25) is 0 Å². The van der Waals surface area contributed by atoms with Crippen molar-refractivity contribution in [2.75, 3.05) is 19.5 Å². The fourth-order valence-corrected chi connectivity index (χ4v) is 4.46. The smallest absolute Gasteiger partial charge is 0.256 e. The lowest BCUT2D eigenvalue weighted by atomic mass is 10.1. The summed E-state index contributed by atoms with van der Waals surface area (Å²) in [6.45, 7) is 6.00. The highest BCUT2D eigenvalue weighted by molar-refractivity contribution is 7.20. The van der Waals surface area contributed by atoms with Gasteiger partial charge in [-0.25, -0.2) is 4.98 Å². The zero-order chi connectivity index (χ0) is 21.4. The largest absolute Gasteiger partial charge is 0.493 e. The van der Waals surface area contributed by atoms with Crippen molar-refractivity contribution in [3.05, 3.63) is 58.8 Å². The fourth-order valence-electron chi connectivity index (χ4n) is 3.35. The molecule has 0 atom stereocenters. The predicted octanol–water partition coefficient (Wildman–Crippen LogP) is 4.68. The van der Waals surface area contributed by atoms with E-state index in [1.165, 1.54) is 12.7 Å². The summed E-state index contributed by atoms with van der Waals surface area (Å²) in [6.07, 6.45) is 0. The minimum Gasteiger partial charge on any atom is -0.493 e. The highest BCUT2D eigenvalue weighted by Crippen LogP contribution is 2.31. The van der Waals surface area contributed by atoms with Gasteiger partial charge in [0.2, 0.25) is 5.13 Å². The van der Waals surface area contributed by atoms with E-state index in [0.717, 1.165) is 21.5 Å². The van der Waals surface area contributed by atoms with Crippen molar-refractivity contribution in [3.8, 4) is 16.6 Å². The average molecular weight is 423 g/mol. The molecule has 0 saturated heterocycles. The Morgan fingerprint density at radius 2 is 1.80 bits per heavy atom. The van der Waals surface area contributed by atoms with Crippen molar-refractivity contribution in [1.29, 1.82) is 0 Å². The first-order valence-corrected chi connectivity index (χ1v) is 10.2. The number of nitrogens with zero attached hydrogens (tertiary/aromatic N) is 3. The second-order valence-electron chi connectivity index (χ2n) is 7.03. The molecular weight excluding hydrogens is 400 g/mol. The topological polar surface area (TPSA) is 78.3 Å². The zero-order valence-electron chi connectivity index (χ0n) is 17.4. The molecule has 1 amide bonds. The van der Waals surface area contributed by atoms with Gasteiger partial charge in [-0.05, 0) is 56.2 Å². The van der Waals surface area contributed by atoms with Gasteiger partial charge < -0.3 is 14.8 Å². The number of carbonyl (C=O) groups is 1. The van der Waals surface area contributed by atoms with E-state index in [-0.39, 0.29) is 5.91 Å². The quantitative estimate of drug-likeness (QED) is 0.505. The lowest BCUT2D eigenvalue weighted by Crippen LogP contribution is -2.15. The predicted molar refractivity (Wildman–Crippen MR) is 118 cm³/mol. The summed E-state index contributed by atoms with van der Waals surface area (Å²) < 4.78 is 13.3. The van der Waals surface area contributed by atoms with Gasteiger partial charge in [-0.3, -0.25) is 4.79 Å². The molecule has 0 bridgehead atoms. The lowest BCUT2D eigenvalue weighted by Gasteiger charge is -2.10. The molecule has 154 valence electrons. The maximum atomic E-state index is 12.9. The number of nitrogens with one attached hydrogen (secondary N) is 1. The Labute approximate surface area is 178 Å². The molecule has 0 unspecified atom stereocenters. The summed E-state index contributed by atoms with van der Waals surface area (Å²) in [5.74, 6) is 1.34. The van der Waals surface area contributed by atoms with E-state index in [9.17, 15) is 4.79 Å². The first-order valence-electron chi connectivity index (χ1n) is 9.38. The molecule has 0 saturated carbocycles. The summed E-state index contributed by atoms with van der Waals surface area (Å²) in [5.41, 5.74) is 4.49. The monoisotopic (exact) mass is 422 g/mol. The van der Waals surface area contributed by atoms with Crippen molar-refractivity contribution < 1.29 is 14.3 Å². The number of carbonyl (C=O) groups excluding carboxylic acids is 1. The summed E-state index contributed by atoms with van der Waals surface area (Å²) >= 11 is 1.54. The number of amides is 1. The number of rotatable bonds is 5. The molecule has 2 aromatic heterocycles. The molecule has 2 aromatic carbocycles. The first kappa shape index (κ1) is 19.9. The van der Waals surface area contributed by atoms with Gasteiger partial charge in [0, 0.05) is 11.6 Å². The molecule has 0 aliphatic rings. The van der Waals surface area contributed by atoms with Gasteiger partial charge in [-0.1, -0.05) is 17.4 Å². The van der Waals surface area contributed by atoms with Gasteiger partial charge in [-0.2, -0.15) is 9.78 Å². The number of hydrogen-bond donors (Lipinski definition) is 1. The maximum absolute atomic E-state index is 12.9. The fraction of sp³-hybridized carbons (Fsp3) is 0.227. The van der Waals surface area contributed by atoms with Crippen LogP contribution in [0.3, 0.4) is 0 Å². The Morgan fingerprint density at radius 3 is 2.53 bits per heavy atom. The minimum atomic E-state index is -0.273. The molecule has 1 N–H and O–H groups in total. The molecule has 4 aromatic rings. The molecule has 0 radical (unpaired) electrons. The Morgan fingerprint density at radius 1 is 1.03 bits per heavy atom. The molecule has 4 rings (SSSR count). The Kier molecular flexibility index (Phi) is 5.17. The number of benzene rings is 2. The van der Waals surface area contributed by atoms with Crippen molar-refractivity contribution in [2.45, 2.75) is 20.8 Å². The van der Waals surface area contributed by atoms with Gasteiger partial charge in [0.1, 0.15) is 5.82 Å². The number of aryl methyl sites for hydroxylation is 3. The van der Waals surface area contributed by atoms with Crippen LogP contribution in [0, 0.1) is 20.8 Å². The summed E-state index contributed by atoms with van der Waals surface area (Å²) in [7, 11) is 3.09. The normalized spacial score (nSPS) is 11.0. The molecular formula is C22H22N4O3S. The highest BCUT2D eigenvalue weighted by Gasteiger charge is 2.17. The molecule has 8 heteroatoms. The van der Waals surface area contributed by atoms with Crippen molar-refractivity contribution in [2.24, 2.45) is 0 Å². The second-order valence-corrected chi connectivity index (χ2v) is 8.04. The second kappa shape index (κ2) is 7.79.